The highest BCUT2D eigenvalue weighted by Crippen LogP contribution is 2.32. The van der Waals surface area contributed by atoms with Crippen LogP contribution >= 0.6 is 24.0 Å². The first-order chi connectivity index (χ1) is 12.2. The van der Waals surface area contributed by atoms with Gasteiger partial charge in [-0.05, 0) is 30.0 Å². The number of nitrogens with one attached hydrogen (secondary N) is 1. The van der Waals surface area contributed by atoms with Crippen molar-refractivity contribution in [3.05, 3.63) is 23.8 Å². The molecule has 146 valence electrons. The van der Waals surface area contributed by atoms with E-state index in [-0.39, 0.29) is 24.0 Å². The Labute approximate surface area is 173 Å². The van der Waals surface area contributed by atoms with Crippen LogP contribution in [0.25, 0.3) is 0 Å². The fourth-order valence-corrected chi connectivity index (χ4v) is 3.22. The quantitative estimate of drug-likeness (QED) is 0.404. The van der Waals surface area contributed by atoms with Crippen molar-refractivity contribution < 1.29 is 9.47 Å². The van der Waals surface area contributed by atoms with Gasteiger partial charge in [-0.3, -0.25) is 9.89 Å². The third-order valence-corrected chi connectivity index (χ3v) is 4.73. The van der Waals surface area contributed by atoms with Crippen molar-refractivity contribution in [3.63, 3.8) is 0 Å². The molecular formula is C19H31IN4O2. The van der Waals surface area contributed by atoms with Gasteiger partial charge in [0, 0.05) is 46.3 Å². The minimum Gasteiger partial charge on any atom is -0.454 e. The molecule has 3 rings (SSSR count). The van der Waals surface area contributed by atoms with E-state index < -0.39 is 0 Å². The third kappa shape index (κ3) is 5.64. The Morgan fingerprint density at radius 1 is 1.15 bits per heavy atom. The highest BCUT2D eigenvalue weighted by atomic mass is 127. The number of hydrogen-bond acceptors (Lipinski definition) is 4. The molecule has 26 heavy (non-hydrogen) atoms. The fourth-order valence-electron chi connectivity index (χ4n) is 3.22. The van der Waals surface area contributed by atoms with Gasteiger partial charge < -0.3 is 19.7 Å². The van der Waals surface area contributed by atoms with E-state index in [1.54, 1.807) is 0 Å². The number of aliphatic imine (C=N–C) groups is 1. The second kappa shape index (κ2) is 10.2. The fraction of sp³-hybridized carbons (Fsp3) is 0.632. The molecule has 1 aromatic carbocycles. The number of halogens is 1. The summed E-state index contributed by atoms with van der Waals surface area (Å²) in [7, 11) is 1.87. The van der Waals surface area contributed by atoms with Gasteiger partial charge >= 0.3 is 0 Å². The molecule has 0 aromatic heterocycles. The molecule has 2 aliphatic rings. The van der Waals surface area contributed by atoms with E-state index in [9.17, 15) is 0 Å². The second-order valence-electron chi connectivity index (χ2n) is 7.11. The molecule has 0 radical (unpaired) electrons. The highest BCUT2D eigenvalue weighted by molar-refractivity contribution is 14.0. The zero-order chi connectivity index (χ0) is 17.6. The van der Waals surface area contributed by atoms with Crippen LogP contribution in [0.5, 0.6) is 11.5 Å². The van der Waals surface area contributed by atoms with Crippen molar-refractivity contribution in [2.24, 2.45) is 10.9 Å². The summed E-state index contributed by atoms with van der Waals surface area (Å²) < 4.78 is 10.9. The minimum atomic E-state index is 0. The van der Waals surface area contributed by atoms with E-state index in [0.717, 1.165) is 56.7 Å². The van der Waals surface area contributed by atoms with Crippen LogP contribution in [0.3, 0.4) is 0 Å². The lowest BCUT2D eigenvalue weighted by Crippen LogP contribution is -2.52. The van der Waals surface area contributed by atoms with Crippen molar-refractivity contribution in [2.75, 3.05) is 46.6 Å². The first kappa shape index (κ1) is 21.1. The molecule has 2 aliphatic heterocycles. The maximum atomic E-state index is 5.47. The molecule has 6 nitrogen and oxygen atoms in total. The lowest BCUT2D eigenvalue weighted by molar-refractivity contribution is 0.171. The highest BCUT2D eigenvalue weighted by Gasteiger charge is 2.20. The maximum absolute atomic E-state index is 5.47. The van der Waals surface area contributed by atoms with Crippen LogP contribution in [0.15, 0.2) is 23.2 Å². The van der Waals surface area contributed by atoms with Crippen molar-refractivity contribution in [3.8, 4) is 11.5 Å². The first-order valence-corrected chi connectivity index (χ1v) is 9.22. The summed E-state index contributed by atoms with van der Waals surface area (Å²) in [6, 6.07) is 6.24. The molecule has 7 heteroatoms. The molecule has 1 aromatic rings. The van der Waals surface area contributed by atoms with Crippen LogP contribution in [0.2, 0.25) is 0 Å². The van der Waals surface area contributed by atoms with Crippen LogP contribution in [-0.4, -0.2) is 62.3 Å². The van der Waals surface area contributed by atoms with Crippen molar-refractivity contribution in [2.45, 2.75) is 26.8 Å². The molecule has 0 saturated carbocycles. The van der Waals surface area contributed by atoms with Gasteiger partial charge in [0.2, 0.25) is 6.79 Å². The van der Waals surface area contributed by atoms with Crippen molar-refractivity contribution in [1.29, 1.82) is 0 Å². The van der Waals surface area contributed by atoms with Gasteiger partial charge in [0.15, 0.2) is 17.5 Å². The molecular weight excluding hydrogens is 443 g/mol. The van der Waals surface area contributed by atoms with Gasteiger partial charge in [0.05, 0.1) is 0 Å². The van der Waals surface area contributed by atoms with Crippen LogP contribution in [-0.2, 0) is 6.54 Å². The van der Waals surface area contributed by atoms with Gasteiger partial charge in [0.1, 0.15) is 0 Å². The zero-order valence-electron chi connectivity index (χ0n) is 16.0. The first-order valence-electron chi connectivity index (χ1n) is 9.22. The molecule has 0 atom stereocenters. The van der Waals surface area contributed by atoms with Gasteiger partial charge in [-0.2, -0.15) is 0 Å². The Bertz CT molecular complexity index is 601. The third-order valence-electron chi connectivity index (χ3n) is 4.73. The number of hydrogen-bond donors (Lipinski definition) is 1. The summed E-state index contributed by atoms with van der Waals surface area (Å²) in [6.07, 6.45) is 1.17. The van der Waals surface area contributed by atoms with Crippen molar-refractivity contribution >= 4 is 29.9 Å². The molecule has 0 spiro atoms. The van der Waals surface area contributed by atoms with Gasteiger partial charge in [-0.1, -0.05) is 19.9 Å². The van der Waals surface area contributed by atoms with Crippen LogP contribution < -0.4 is 14.8 Å². The predicted molar refractivity (Wildman–Crippen MR) is 116 cm³/mol. The number of benzene rings is 1. The number of ether oxygens (including phenoxy) is 2. The summed E-state index contributed by atoms with van der Waals surface area (Å²) in [4.78, 5) is 9.28. The monoisotopic (exact) mass is 474 g/mol. The number of nitrogens with zero attached hydrogens (tertiary/aromatic N) is 3. The normalized spacial score (nSPS) is 17.4. The lowest BCUT2D eigenvalue weighted by Gasteiger charge is -2.36. The number of piperazine rings is 1. The van der Waals surface area contributed by atoms with E-state index in [1.165, 1.54) is 12.0 Å². The lowest BCUT2D eigenvalue weighted by atomic mass is 10.1. The molecule has 1 N–H and O–H groups in total. The van der Waals surface area contributed by atoms with E-state index in [2.05, 4.69) is 46.1 Å². The zero-order valence-corrected chi connectivity index (χ0v) is 18.4. The van der Waals surface area contributed by atoms with Crippen molar-refractivity contribution in [1.82, 2.24) is 15.1 Å². The SMILES string of the molecule is CN=C(NCCC(C)C)N1CCN(Cc2ccc3c(c2)OCO3)CC1.I. The Morgan fingerprint density at radius 3 is 2.58 bits per heavy atom. The average molecular weight is 474 g/mol. The Kier molecular flexibility index (Phi) is 8.27. The van der Waals surface area contributed by atoms with Gasteiger partial charge in [-0.15, -0.1) is 24.0 Å². The van der Waals surface area contributed by atoms with E-state index >= 15 is 0 Å². The molecule has 0 unspecified atom stereocenters. The predicted octanol–water partition coefficient (Wildman–Crippen LogP) is 2.77. The number of guanidine groups is 1. The molecule has 1 saturated heterocycles. The second-order valence-corrected chi connectivity index (χ2v) is 7.11. The molecule has 0 amide bonds. The van der Waals surface area contributed by atoms with Gasteiger partial charge in [-0.25, -0.2) is 0 Å². The maximum Gasteiger partial charge on any atom is 0.231 e. The summed E-state index contributed by atoms with van der Waals surface area (Å²) in [5, 5.41) is 3.49. The van der Waals surface area contributed by atoms with Crippen LogP contribution in [0.4, 0.5) is 0 Å². The average Bonchev–Trinajstić information content (AvgIpc) is 3.07. The summed E-state index contributed by atoms with van der Waals surface area (Å²) in [6.45, 7) is 10.9. The van der Waals surface area contributed by atoms with Gasteiger partial charge in [0.25, 0.3) is 0 Å². The van der Waals surface area contributed by atoms with Crippen LogP contribution in [0.1, 0.15) is 25.8 Å². The topological polar surface area (TPSA) is 49.3 Å². The van der Waals surface area contributed by atoms with E-state index in [4.69, 9.17) is 9.47 Å². The number of fused-ring (bicyclic) bond motifs is 1. The van der Waals surface area contributed by atoms with Crippen LogP contribution in [0, 0.1) is 5.92 Å². The summed E-state index contributed by atoms with van der Waals surface area (Å²) in [5.41, 5.74) is 1.28. The summed E-state index contributed by atoms with van der Waals surface area (Å²) >= 11 is 0. The standard InChI is InChI=1S/C19H30N4O2.HI/c1-15(2)6-7-21-19(20-3)23-10-8-22(9-11-23)13-16-4-5-17-18(12-16)25-14-24-17;/h4-5,12,15H,6-11,13-14H2,1-3H3,(H,20,21);1H. The largest absolute Gasteiger partial charge is 0.454 e. The van der Waals surface area contributed by atoms with E-state index in [1.807, 2.05) is 13.1 Å². The Hall–Kier alpha value is -1.22. The Morgan fingerprint density at radius 2 is 1.88 bits per heavy atom. The Balaban J connectivity index is 0.00000243. The molecule has 0 aliphatic carbocycles. The minimum absolute atomic E-state index is 0. The molecule has 2 heterocycles. The molecule has 1 fully saturated rings. The number of rotatable bonds is 5. The van der Waals surface area contributed by atoms with E-state index in [0.29, 0.717) is 12.7 Å². The smallest absolute Gasteiger partial charge is 0.231 e. The summed E-state index contributed by atoms with van der Waals surface area (Å²) in [5.74, 6) is 3.46. The molecule has 0 bridgehead atoms.